The van der Waals surface area contributed by atoms with Crippen molar-refractivity contribution in [2.24, 2.45) is 10.9 Å². The van der Waals surface area contributed by atoms with Crippen LogP contribution in [-0.2, 0) is 16.0 Å². The number of halogens is 2. The van der Waals surface area contributed by atoms with Crippen molar-refractivity contribution in [1.29, 1.82) is 0 Å². The van der Waals surface area contributed by atoms with Crippen molar-refractivity contribution < 1.29 is 14.3 Å². The normalized spacial score (nSPS) is 14.6. The second-order valence-electron chi connectivity index (χ2n) is 10.3. The highest BCUT2D eigenvalue weighted by Gasteiger charge is 2.26. The number of pyridine rings is 1. The summed E-state index contributed by atoms with van der Waals surface area (Å²) >= 11 is 12.7. The average molecular weight is 653 g/mol. The van der Waals surface area contributed by atoms with E-state index in [1.807, 2.05) is 37.3 Å². The van der Waals surface area contributed by atoms with Crippen molar-refractivity contribution >= 4 is 63.4 Å². The van der Waals surface area contributed by atoms with Gasteiger partial charge in [-0.2, -0.15) is 5.10 Å². The van der Waals surface area contributed by atoms with Gasteiger partial charge in [0.1, 0.15) is 0 Å². The maximum atomic E-state index is 13.2. The Morgan fingerprint density at radius 1 is 1.13 bits per heavy atom. The molecule has 5 N–H and O–H groups in total. The van der Waals surface area contributed by atoms with Gasteiger partial charge < -0.3 is 15.1 Å². The molecule has 238 valence electrons. The number of benzene rings is 2. The SMILES string of the molecule is CCC.COC(=O)Nc1ccc(C2=CC(C(Cc3ccc(C)nc3)NC(=O)/C=C/c3cc(Cl)ccc3N(C)N)NN=C2Cl)cc1. The van der Waals surface area contributed by atoms with Crippen LogP contribution >= 0.6 is 23.2 Å². The van der Waals surface area contributed by atoms with Crippen molar-refractivity contribution in [2.45, 2.75) is 45.7 Å². The number of ether oxygens (including phenoxy) is 1. The third-order valence-electron chi connectivity index (χ3n) is 6.48. The van der Waals surface area contributed by atoms with Gasteiger partial charge in [-0.15, -0.1) is 0 Å². The molecule has 2 aromatic carbocycles. The Bertz CT molecular complexity index is 1540. The number of aromatic nitrogens is 1. The molecule has 0 radical (unpaired) electrons. The Hall–Kier alpha value is -4.38. The van der Waals surface area contributed by atoms with Crippen LogP contribution < -0.4 is 26.9 Å². The zero-order chi connectivity index (χ0) is 32.9. The maximum Gasteiger partial charge on any atom is 0.411 e. The molecule has 1 aliphatic heterocycles. The molecule has 2 heterocycles. The number of aryl methyl sites for hydroxylation is 1. The summed E-state index contributed by atoms with van der Waals surface area (Å²) in [6.45, 7) is 6.16. The zero-order valence-corrected chi connectivity index (χ0v) is 27.5. The van der Waals surface area contributed by atoms with E-state index in [2.05, 4.69) is 44.7 Å². The highest BCUT2D eigenvalue weighted by atomic mass is 35.5. The molecule has 1 aliphatic rings. The summed E-state index contributed by atoms with van der Waals surface area (Å²) < 4.78 is 4.64. The molecule has 0 saturated heterocycles. The van der Waals surface area contributed by atoms with Crippen LogP contribution in [0.4, 0.5) is 16.2 Å². The molecule has 0 bridgehead atoms. The number of hydrazone groups is 1. The Balaban J connectivity index is 0.00000177. The van der Waals surface area contributed by atoms with Gasteiger partial charge >= 0.3 is 6.09 Å². The summed E-state index contributed by atoms with van der Waals surface area (Å²) in [6.07, 6.45) is 7.97. The van der Waals surface area contributed by atoms with Gasteiger partial charge in [0.05, 0.1) is 24.9 Å². The zero-order valence-electron chi connectivity index (χ0n) is 26.0. The van der Waals surface area contributed by atoms with E-state index in [0.29, 0.717) is 34.0 Å². The first kappa shape index (κ1) is 35.1. The predicted octanol–water partition coefficient (Wildman–Crippen LogP) is 6.30. The predicted molar refractivity (Wildman–Crippen MR) is 184 cm³/mol. The van der Waals surface area contributed by atoms with E-state index in [1.54, 1.807) is 49.7 Å². The lowest BCUT2D eigenvalue weighted by molar-refractivity contribution is -0.117. The number of carbonyl (C=O) groups excluding carboxylic acids is 2. The highest BCUT2D eigenvalue weighted by molar-refractivity contribution is 6.76. The molecule has 2 amide bonds. The lowest BCUT2D eigenvalue weighted by Gasteiger charge is -2.29. The summed E-state index contributed by atoms with van der Waals surface area (Å²) in [5.74, 6) is 5.62. The fourth-order valence-corrected chi connectivity index (χ4v) is 4.72. The number of amides is 2. The fraction of sp³-hybridized carbons (Fsp3) is 0.273. The van der Waals surface area contributed by atoms with Crippen molar-refractivity contribution in [2.75, 3.05) is 24.5 Å². The molecular weight excluding hydrogens is 613 g/mol. The summed E-state index contributed by atoms with van der Waals surface area (Å²) in [4.78, 5) is 29.1. The molecule has 0 fully saturated rings. The number of hydrazine groups is 1. The maximum absolute atomic E-state index is 13.2. The average Bonchev–Trinajstić information content (AvgIpc) is 3.01. The van der Waals surface area contributed by atoms with Gasteiger partial charge in [0.2, 0.25) is 5.91 Å². The number of nitrogens with zero attached hydrogens (tertiary/aromatic N) is 3. The number of methoxy groups -OCH3 is 1. The van der Waals surface area contributed by atoms with Crippen molar-refractivity contribution in [3.63, 3.8) is 0 Å². The Morgan fingerprint density at radius 2 is 1.84 bits per heavy atom. The quantitative estimate of drug-likeness (QED) is 0.121. The number of carbonyl (C=O) groups is 2. The van der Waals surface area contributed by atoms with Crippen LogP contribution in [0, 0.1) is 6.92 Å². The van der Waals surface area contributed by atoms with E-state index in [9.17, 15) is 9.59 Å². The molecule has 45 heavy (non-hydrogen) atoms. The third kappa shape index (κ3) is 10.6. The number of rotatable bonds is 9. The molecule has 10 nitrogen and oxygen atoms in total. The molecule has 0 aliphatic carbocycles. The summed E-state index contributed by atoms with van der Waals surface area (Å²) in [5, 5.41) is 12.3. The van der Waals surface area contributed by atoms with Crippen molar-refractivity contribution in [1.82, 2.24) is 15.7 Å². The molecule has 3 aromatic rings. The van der Waals surface area contributed by atoms with Gasteiger partial charge in [-0.3, -0.25) is 20.5 Å². The minimum absolute atomic E-state index is 0.265. The van der Waals surface area contributed by atoms with Crippen LogP contribution in [0.15, 0.2) is 78.0 Å². The van der Waals surface area contributed by atoms with Gasteiger partial charge in [-0.1, -0.05) is 61.7 Å². The number of nitrogens with one attached hydrogen (secondary N) is 3. The molecule has 12 heteroatoms. The van der Waals surface area contributed by atoms with Gasteiger partial charge in [0.25, 0.3) is 0 Å². The molecule has 1 aromatic heterocycles. The first-order chi connectivity index (χ1) is 21.5. The lowest BCUT2D eigenvalue weighted by Crippen LogP contribution is -2.50. The van der Waals surface area contributed by atoms with E-state index in [1.165, 1.54) is 24.6 Å². The monoisotopic (exact) mass is 651 g/mol. The Labute approximate surface area is 274 Å². The number of hydrogen-bond acceptors (Lipinski definition) is 8. The van der Waals surface area contributed by atoms with Crippen LogP contribution in [0.1, 0.15) is 42.7 Å². The minimum Gasteiger partial charge on any atom is -0.453 e. The minimum atomic E-state index is -0.566. The number of hydrogen-bond donors (Lipinski definition) is 4. The molecule has 2 atom stereocenters. The molecule has 0 spiro atoms. The largest absolute Gasteiger partial charge is 0.453 e. The third-order valence-corrected chi connectivity index (χ3v) is 7.00. The molecule has 4 rings (SSSR count). The van der Waals surface area contributed by atoms with E-state index in [4.69, 9.17) is 29.0 Å². The van der Waals surface area contributed by atoms with E-state index < -0.39 is 18.2 Å². The van der Waals surface area contributed by atoms with E-state index >= 15 is 0 Å². The lowest BCUT2D eigenvalue weighted by atomic mass is 9.95. The van der Waals surface area contributed by atoms with Crippen LogP contribution in [0.25, 0.3) is 11.6 Å². The second-order valence-corrected chi connectivity index (χ2v) is 11.1. The van der Waals surface area contributed by atoms with Crippen LogP contribution in [-0.4, -0.2) is 48.4 Å². The van der Waals surface area contributed by atoms with Gasteiger partial charge in [0, 0.05) is 46.9 Å². The summed E-state index contributed by atoms with van der Waals surface area (Å²) in [5.41, 5.74) is 8.33. The fourth-order valence-electron chi connectivity index (χ4n) is 4.32. The Kier molecular flexibility index (Phi) is 13.4. The van der Waals surface area contributed by atoms with Crippen molar-refractivity contribution in [3.8, 4) is 0 Å². The van der Waals surface area contributed by atoms with Gasteiger partial charge in [-0.05, 0) is 73.0 Å². The smallest absolute Gasteiger partial charge is 0.411 e. The van der Waals surface area contributed by atoms with Crippen LogP contribution in [0.5, 0.6) is 0 Å². The van der Waals surface area contributed by atoms with E-state index in [0.717, 1.165) is 16.8 Å². The second kappa shape index (κ2) is 17.2. The Morgan fingerprint density at radius 3 is 2.47 bits per heavy atom. The molecule has 0 saturated carbocycles. The van der Waals surface area contributed by atoms with E-state index in [-0.39, 0.29) is 11.1 Å². The topological polar surface area (TPSA) is 134 Å². The number of allylic oxidation sites excluding steroid dienone is 1. The first-order valence-electron chi connectivity index (χ1n) is 14.4. The van der Waals surface area contributed by atoms with Crippen LogP contribution in [0.3, 0.4) is 0 Å². The number of anilines is 2. The molecular formula is C33H39Cl2N7O3. The first-order valence-corrected chi connectivity index (χ1v) is 15.1. The number of nitrogens with two attached hydrogens (primary N) is 1. The summed E-state index contributed by atoms with van der Waals surface area (Å²) in [6, 6.07) is 15.4. The van der Waals surface area contributed by atoms with Crippen LogP contribution in [0.2, 0.25) is 5.02 Å². The highest BCUT2D eigenvalue weighted by Crippen LogP contribution is 2.26. The van der Waals surface area contributed by atoms with Gasteiger partial charge in [-0.25, -0.2) is 10.6 Å². The molecule has 2 unspecified atom stereocenters. The van der Waals surface area contributed by atoms with Crippen molar-refractivity contribution in [3.05, 3.63) is 100 Å². The standard InChI is InChI=1S/C30H31Cl2N7O3.C3H8/c1-18-4-5-19(17-34-18)14-25(36-28(40)13-8-21-15-22(31)9-12-27(21)39(2)33)26-16-24(29(32)38-37-26)20-6-10-23(11-7-20)35-30(41)42-3;1-3-2/h4-13,15-17,25-26,37H,14,33H2,1-3H3,(H,35,41)(H,36,40);3H2,1-2H3/b13-8+;. The summed E-state index contributed by atoms with van der Waals surface area (Å²) in [7, 11) is 3.00. The van der Waals surface area contributed by atoms with Gasteiger partial charge in [0.15, 0.2) is 5.17 Å².